The molecule has 0 saturated heterocycles. The van der Waals surface area contributed by atoms with Crippen molar-refractivity contribution in [1.82, 2.24) is 0 Å². The normalized spacial score (nSPS) is 11.8. The summed E-state index contributed by atoms with van der Waals surface area (Å²) in [5.41, 5.74) is 5.30. The Bertz CT molecular complexity index is 701. The van der Waals surface area contributed by atoms with E-state index in [2.05, 4.69) is 0 Å². The topological polar surface area (TPSA) is 134 Å². The lowest BCUT2D eigenvalue weighted by Crippen LogP contribution is -2.03. The smallest absolute Gasteiger partial charge is 0.200 e. The van der Waals surface area contributed by atoms with Crippen LogP contribution >= 0.6 is 0 Å². The van der Waals surface area contributed by atoms with Crippen LogP contribution in [0.25, 0.3) is 6.08 Å². The van der Waals surface area contributed by atoms with Crippen molar-refractivity contribution >= 4 is 6.08 Å². The van der Waals surface area contributed by atoms with E-state index in [1.54, 1.807) is 12.1 Å². The number of phenolic OH excluding ortho intramolecular Hbond substituents is 3. The predicted molar refractivity (Wildman–Crippen MR) is 70.7 cm³/mol. The minimum atomic E-state index is -0.675. The van der Waals surface area contributed by atoms with Gasteiger partial charge in [0.1, 0.15) is 17.7 Å². The number of hydrogen-bond acceptors (Lipinski definition) is 6. The van der Waals surface area contributed by atoms with E-state index in [9.17, 15) is 15.3 Å². The zero-order valence-corrected chi connectivity index (χ0v) is 10.1. The number of aromatic hydroxyl groups is 3. The van der Waals surface area contributed by atoms with Crippen LogP contribution in [-0.2, 0) is 0 Å². The highest BCUT2D eigenvalue weighted by Crippen LogP contribution is 2.36. The van der Waals surface area contributed by atoms with Crippen molar-refractivity contribution in [3.8, 4) is 41.7 Å². The zero-order chi connectivity index (χ0) is 15.3. The highest BCUT2D eigenvalue weighted by Gasteiger charge is 2.10. The molecule has 20 heavy (non-hydrogen) atoms. The summed E-state index contributed by atoms with van der Waals surface area (Å²) in [4.78, 5) is 0. The summed E-state index contributed by atoms with van der Waals surface area (Å²) in [7, 11) is 0. The molecule has 0 unspecified atom stereocenters. The van der Waals surface area contributed by atoms with Gasteiger partial charge in [-0.2, -0.15) is 10.5 Å². The van der Waals surface area contributed by atoms with Crippen LogP contribution in [0.15, 0.2) is 29.0 Å². The highest BCUT2D eigenvalue weighted by atomic mass is 16.3. The molecule has 1 aromatic rings. The van der Waals surface area contributed by atoms with Gasteiger partial charge in [0.05, 0.1) is 11.3 Å². The Hall–Kier alpha value is -3.56. The molecule has 0 spiro atoms. The van der Waals surface area contributed by atoms with Crippen molar-refractivity contribution in [3.63, 3.8) is 0 Å². The third-order valence-electron chi connectivity index (χ3n) is 2.34. The molecule has 0 atom stereocenters. The molecule has 0 amide bonds. The average Bonchev–Trinajstić information content (AvgIpc) is 2.43. The second-order valence-electron chi connectivity index (χ2n) is 3.62. The van der Waals surface area contributed by atoms with Crippen molar-refractivity contribution in [2.75, 3.05) is 0 Å². The summed E-state index contributed by atoms with van der Waals surface area (Å²) < 4.78 is 0. The van der Waals surface area contributed by atoms with Gasteiger partial charge in [-0.25, -0.2) is 0 Å². The number of nitriles is 2. The Balaban J connectivity index is 3.43. The van der Waals surface area contributed by atoms with E-state index in [0.717, 1.165) is 12.1 Å². The van der Waals surface area contributed by atoms with Crippen molar-refractivity contribution < 1.29 is 15.3 Å². The van der Waals surface area contributed by atoms with Crippen LogP contribution in [0, 0.1) is 35.0 Å². The number of benzene rings is 1. The van der Waals surface area contributed by atoms with Gasteiger partial charge in [0.2, 0.25) is 0 Å². The molecule has 0 aliphatic heterocycles. The Morgan fingerprint density at radius 3 is 2.10 bits per heavy atom. The van der Waals surface area contributed by atoms with E-state index >= 15 is 0 Å². The van der Waals surface area contributed by atoms with Gasteiger partial charge >= 0.3 is 0 Å². The Morgan fingerprint density at radius 1 is 1.15 bits per heavy atom. The van der Waals surface area contributed by atoms with Crippen LogP contribution in [-0.4, -0.2) is 15.3 Å². The summed E-state index contributed by atoms with van der Waals surface area (Å²) >= 11 is 0. The van der Waals surface area contributed by atoms with E-state index < -0.39 is 17.2 Å². The number of hydrogen-bond donors (Lipinski definition) is 4. The van der Waals surface area contributed by atoms with Crippen molar-refractivity contribution in [2.45, 2.75) is 0 Å². The molecular formula is C14H9N3O3. The van der Waals surface area contributed by atoms with Gasteiger partial charge in [-0.05, 0) is 23.8 Å². The highest BCUT2D eigenvalue weighted by molar-refractivity contribution is 5.69. The first-order valence-electron chi connectivity index (χ1n) is 5.18. The van der Waals surface area contributed by atoms with Gasteiger partial charge in [-0.15, -0.1) is 6.42 Å². The molecule has 5 N–H and O–H groups in total. The average molecular weight is 267 g/mol. The molecule has 0 aliphatic carbocycles. The minimum absolute atomic E-state index is 0.107. The maximum atomic E-state index is 9.36. The summed E-state index contributed by atoms with van der Waals surface area (Å²) in [5.74, 6) is 0.248. The van der Waals surface area contributed by atoms with Crippen LogP contribution in [0.2, 0.25) is 0 Å². The van der Waals surface area contributed by atoms with Crippen LogP contribution in [0.5, 0.6) is 17.2 Å². The SMILES string of the molecule is C#C/C(C#N)=C(N)/C(C#N)=C/c1cc(O)c(O)c(O)c1. The third kappa shape index (κ3) is 2.81. The lowest BCUT2D eigenvalue weighted by atomic mass is 10.1. The lowest BCUT2D eigenvalue weighted by Gasteiger charge is -2.04. The summed E-state index contributed by atoms with van der Waals surface area (Å²) in [6.07, 6.45) is 6.29. The van der Waals surface area contributed by atoms with E-state index in [-0.39, 0.29) is 22.4 Å². The van der Waals surface area contributed by atoms with Gasteiger partial charge < -0.3 is 21.1 Å². The Morgan fingerprint density at radius 2 is 1.70 bits per heavy atom. The molecule has 0 saturated carbocycles. The molecule has 6 heteroatoms. The fraction of sp³-hybridized carbons (Fsp3) is 0. The van der Waals surface area contributed by atoms with E-state index in [0.29, 0.717) is 0 Å². The molecule has 98 valence electrons. The number of phenols is 3. The molecule has 6 nitrogen and oxygen atoms in total. The Kier molecular flexibility index (Phi) is 4.25. The van der Waals surface area contributed by atoms with Crippen molar-refractivity contribution in [2.24, 2.45) is 5.73 Å². The van der Waals surface area contributed by atoms with Gasteiger partial charge in [-0.1, -0.05) is 5.92 Å². The van der Waals surface area contributed by atoms with Crippen LogP contribution in [0.4, 0.5) is 0 Å². The summed E-state index contributed by atoms with van der Waals surface area (Å²) in [5, 5.41) is 45.7. The molecule has 0 radical (unpaired) electrons. The maximum absolute atomic E-state index is 9.36. The number of allylic oxidation sites excluding steroid dienone is 2. The molecule has 0 aliphatic rings. The van der Waals surface area contributed by atoms with E-state index in [1.165, 1.54) is 6.08 Å². The number of nitrogens with zero attached hydrogens (tertiary/aromatic N) is 2. The standard InChI is InChI=1S/C14H9N3O3/c1-2-9(6-15)13(17)10(7-16)3-8-4-11(18)14(20)12(19)5-8/h1,3-5,18-20H,17H2/b10-3+,13-9+. The van der Waals surface area contributed by atoms with Crippen LogP contribution < -0.4 is 5.73 Å². The van der Waals surface area contributed by atoms with E-state index in [4.69, 9.17) is 22.7 Å². The second-order valence-corrected chi connectivity index (χ2v) is 3.62. The number of rotatable bonds is 2. The molecule has 0 fully saturated rings. The summed E-state index contributed by atoms with van der Waals surface area (Å²) in [6, 6.07) is 5.66. The fourth-order valence-corrected chi connectivity index (χ4v) is 1.35. The first kappa shape index (κ1) is 14.5. The molecule has 0 aromatic heterocycles. The van der Waals surface area contributed by atoms with Gasteiger partial charge in [0, 0.05) is 0 Å². The lowest BCUT2D eigenvalue weighted by molar-refractivity contribution is 0.368. The minimum Gasteiger partial charge on any atom is -0.504 e. The quantitative estimate of drug-likeness (QED) is 0.274. The molecule has 0 heterocycles. The number of nitrogens with two attached hydrogens (primary N) is 1. The van der Waals surface area contributed by atoms with Gasteiger partial charge in [-0.3, -0.25) is 0 Å². The molecular weight excluding hydrogens is 258 g/mol. The molecule has 1 rings (SSSR count). The third-order valence-corrected chi connectivity index (χ3v) is 2.34. The summed E-state index contributed by atoms with van der Waals surface area (Å²) in [6.45, 7) is 0. The largest absolute Gasteiger partial charge is 0.504 e. The predicted octanol–water partition coefficient (Wildman–Crippen LogP) is 1.08. The monoisotopic (exact) mass is 267 g/mol. The van der Waals surface area contributed by atoms with Crippen LogP contribution in [0.3, 0.4) is 0 Å². The van der Waals surface area contributed by atoms with Crippen molar-refractivity contribution in [3.05, 3.63) is 34.5 Å². The molecule has 0 bridgehead atoms. The first-order chi connectivity index (χ1) is 9.44. The van der Waals surface area contributed by atoms with Gasteiger partial charge in [0.25, 0.3) is 0 Å². The maximum Gasteiger partial charge on any atom is 0.200 e. The fourth-order valence-electron chi connectivity index (χ4n) is 1.35. The second kappa shape index (κ2) is 5.86. The van der Waals surface area contributed by atoms with Crippen LogP contribution in [0.1, 0.15) is 5.56 Å². The Labute approximate surface area is 114 Å². The van der Waals surface area contributed by atoms with E-state index in [1.807, 2.05) is 5.92 Å². The zero-order valence-electron chi connectivity index (χ0n) is 10.1. The first-order valence-corrected chi connectivity index (χ1v) is 5.18. The number of terminal acetylenes is 1. The van der Waals surface area contributed by atoms with Gasteiger partial charge in [0.15, 0.2) is 17.2 Å². The van der Waals surface area contributed by atoms with Crippen molar-refractivity contribution in [1.29, 1.82) is 10.5 Å². The molecule has 1 aromatic carbocycles.